The Bertz CT molecular complexity index is 167. The summed E-state index contributed by atoms with van der Waals surface area (Å²) in [5.74, 6) is 0.693. The summed E-state index contributed by atoms with van der Waals surface area (Å²) in [6.07, 6.45) is 5.61. The highest BCUT2D eigenvalue weighted by Crippen LogP contribution is 2.36. The molecule has 2 saturated heterocycles. The minimum atomic E-state index is 0.302. The largest absolute Gasteiger partial charge is 0.376 e. The molecule has 2 fully saturated rings. The predicted molar refractivity (Wildman–Crippen MR) is 53.8 cm³/mol. The molecule has 0 aromatic heterocycles. The van der Waals surface area contributed by atoms with Crippen molar-refractivity contribution >= 4 is 0 Å². The first-order valence-corrected chi connectivity index (χ1v) is 5.62. The van der Waals surface area contributed by atoms with Crippen molar-refractivity contribution in [3.05, 3.63) is 0 Å². The summed E-state index contributed by atoms with van der Waals surface area (Å²) in [4.78, 5) is 0. The highest BCUT2D eigenvalue weighted by molar-refractivity contribution is 5.02. The van der Waals surface area contributed by atoms with Crippen LogP contribution in [0.3, 0.4) is 0 Å². The van der Waals surface area contributed by atoms with Gasteiger partial charge < -0.3 is 10.1 Å². The molecule has 0 aromatic carbocycles. The second-order valence-electron chi connectivity index (χ2n) is 4.73. The van der Waals surface area contributed by atoms with Gasteiger partial charge in [-0.2, -0.15) is 0 Å². The van der Waals surface area contributed by atoms with Gasteiger partial charge in [0.15, 0.2) is 0 Å². The van der Waals surface area contributed by atoms with Crippen LogP contribution in [0.15, 0.2) is 0 Å². The molecule has 0 saturated carbocycles. The van der Waals surface area contributed by atoms with Crippen LogP contribution in [0.25, 0.3) is 0 Å². The molecular formula is C11H21NO. The smallest absolute Gasteiger partial charge is 0.0759 e. The minimum Gasteiger partial charge on any atom is -0.376 e. The lowest BCUT2D eigenvalue weighted by molar-refractivity contribution is 0.0137. The molecule has 0 aliphatic carbocycles. The van der Waals surface area contributed by atoms with Crippen molar-refractivity contribution < 1.29 is 4.74 Å². The van der Waals surface area contributed by atoms with Crippen LogP contribution < -0.4 is 5.32 Å². The van der Waals surface area contributed by atoms with E-state index in [1.807, 2.05) is 0 Å². The molecular weight excluding hydrogens is 162 g/mol. The summed E-state index contributed by atoms with van der Waals surface area (Å²) in [5, 5.41) is 3.69. The van der Waals surface area contributed by atoms with Crippen LogP contribution in [0.1, 0.15) is 39.5 Å². The quantitative estimate of drug-likeness (QED) is 0.706. The van der Waals surface area contributed by atoms with Gasteiger partial charge in [0.05, 0.1) is 6.10 Å². The molecule has 2 nitrogen and oxygen atoms in total. The lowest BCUT2D eigenvalue weighted by atomic mass is 9.79. The molecule has 2 atom stereocenters. The van der Waals surface area contributed by atoms with Crippen molar-refractivity contribution in [3.8, 4) is 0 Å². The van der Waals surface area contributed by atoms with Gasteiger partial charge in [-0.15, -0.1) is 0 Å². The number of hydrogen-bond donors (Lipinski definition) is 1. The molecule has 2 heteroatoms. The number of ether oxygens (including phenoxy) is 1. The van der Waals surface area contributed by atoms with Crippen LogP contribution in [-0.4, -0.2) is 24.8 Å². The molecule has 76 valence electrons. The van der Waals surface area contributed by atoms with Crippen LogP contribution in [0.2, 0.25) is 0 Å². The molecule has 0 radical (unpaired) electrons. The minimum absolute atomic E-state index is 0.302. The van der Waals surface area contributed by atoms with E-state index in [1.165, 1.54) is 32.2 Å². The number of nitrogens with one attached hydrogen (secondary N) is 1. The van der Waals surface area contributed by atoms with Gasteiger partial charge in [-0.25, -0.2) is 0 Å². The maximum atomic E-state index is 5.84. The molecule has 2 unspecified atom stereocenters. The normalized spacial score (nSPS) is 40.4. The van der Waals surface area contributed by atoms with Gasteiger partial charge in [0, 0.05) is 12.1 Å². The second kappa shape index (κ2) is 3.58. The molecule has 2 aliphatic heterocycles. The molecule has 2 heterocycles. The second-order valence-corrected chi connectivity index (χ2v) is 4.73. The zero-order valence-electron chi connectivity index (χ0n) is 8.81. The molecule has 2 rings (SSSR count). The third kappa shape index (κ3) is 1.50. The Kier molecular flexibility index (Phi) is 2.61. The molecule has 13 heavy (non-hydrogen) atoms. The van der Waals surface area contributed by atoms with Crippen LogP contribution in [-0.2, 0) is 4.74 Å². The molecule has 2 aliphatic rings. The van der Waals surface area contributed by atoms with Crippen LogP contribution in [0, 0.1) is 5.92 Å². The standard InChI is InChI=1S/C11H21NO/c1-9(2)11(6-4-7-12-11)10-5-3-8-13-10/h9-10,12H,3-8H2,1-2H3. The van der Waals surface area contributed by atoms with E-state index in [0.29, 0.717) is 17.6 Å². The van der Waals surface area contributed by atoms with Crippen molar-refractivity contribution in [3.63, 3.8) is 0 Å². The third-order valence-electron chi connectivity index (χ3n) is 3.76. The van der Waals surface area contributed by atoms with Crippen LogP contribution in [0.5, 0.6) is 0 Å². The Morgan fingerprint density at radius 2 is 2.23 bits per heavy atom. The molecule has 0 spiro atoms. The van der Waals surface area contributed by atoms with Crippen molar-refractivity contribution in [2.45, 2.75) is 51.2 Å². The molecule has 0 aromatic rings. The molecule has 0 bridgehead atoms. The van der Waals surface area contributed by atoms with Gasteiger partial charge in [0.25, 0.3) is 0 Å². The van der Waals surface area contributed by atoms with Crippen LogP contribution in [0.4, 0.5) is 0 Å². The monoisotopic (exact) mass is 183 g/mol. The fourth-order valence-electron chi connectivity index (χ4n) is 2.91. The van der Waals surface area contributed by atoms with Gasteiger partial charge in [-0.1, -0.05) is 13.8 Å². The first-order chi connectivity index (χ1) is 6.26. The Morgan fingerprint density at radius 3 is 2.69 bits per heavy atom. The van der Waals surface area contributed by atoms with Gasteiger partial charge in [-0.05, 0) is 38.1 Å². The zero-order valence-corrected chi connectivity index (χ0v) is 8.81. The first kappa shape index (κ1) is 9.47. The van der Waals surface area contributed by atoms with Gasteiger partial charge in [0.2, 0.25) is 0 Å². The molecule has 1 N–H and O–H groups in total. The lowest BCUT2D eigenvalue weighted by Gasteiger charge is -2.38. The van der Waals surface area contributed by atoms with Gasteiger partial charge >= 0.3 is 0 Å². The van der Waals surface area contributed by atoms with Crippen LogP contribution >= 0.6 is 0 Å². The Labute approximate surface area is 81.0 Å². The third-order valence-corrected chi connectivity index (χ3v) is 3.76. The van der Waals surface area contributed by atoms with E-state index in [1.54, 1.807) is 0 Å². The maximum absolute atomic E-state index is 5.84. The topological polar surface area (TPSA) is 21.3 Å². The first-order valence-electron chi connectivity index (χ1n) is 5.62. The summed E-state index contributed by atoms with van der Waals surface area (Å²) >= 11 is 0. The van der Waals surface area contributed by atoms with E-state index in [0.717, 1.165) is 6.61 Å². The predicted octanol–water partition coefficient (Wildman–Crippen LogP) is 1.94. The van der Waals surface area contributed by atoms with Crippen molar-refractivity contribution in [1.82, 2.24) is 5.32 Å². The summed E-state index contributed by atoms with van der Waals surface area (Å²) in [7, 11) is 0. The van der Waals surface area contributed by atoms with E-state index in [4.69, 9.17) is 4.74 Å². The summed E-state index contributed by atoms with van der Waals surface area (Å²) in [6.45, 7) is 6.79. The molecule has 0 amide bonds. The van der Waals surface area contributed by atoms with Gasteiger partial charge in [-0.3, -0.25) is 0 Å². The van der Waals surface area contributed by atoms with Gasteiger partial charge in [0.1, 0.15) is 0 Å². The van der Waals surface area contributed by atoms with Crippen molar-refractivity contribution in [2.75, 3.05) is 13.2 Å². The SMILES string of the molecule is CC(C)C1(C2CCCO2)CCCN1. The fourth-order valence-corrected chi connectivity index (χ4v) is 2.91. The number of rotatable bonds is 2. The average Bonchev–Trinajstić information content (AvgIpc) is 2.75. The summed E-state index contributed by atoms with van der Waals surface area (Å²) < 4.78 is 5.84. The summed E-state index contributed by atoms with van der Waals surface area (Å²) in [6, 6.07) is 0. The Balaban J connectivity index is 2.11. The highest BCUT2D eigenvalue weighted by Gasteiger charge is 2.45. The van der Waals surface area contributed by atoms with Crippen molar-refractivity contribution in [2.24, 2.45) is 5.92 Å². The highest BCUT2D eigenvalue weighted by atomic mass is 16.5. The summed E-state index contributed by atoms with van der Waals surface area (Å²) in [5.41, 5.74) is 0.302. The van der Waals surface area contributed by atoms with E-state index in [-0.39, 0.29) is 0 Å². The average molecular weight is 183 g/mol. The maximum Gasteiger partial charge on any atom is 0.0759 e. The van der Waals surface area contributed by atoms with E-state index < -0.39 is 0 Å². The van der Waals surface area contributed by atoms with E-state index >= 15 is 0 Å². The lowest BCUT2D eigenvalue weighted by Crippen LogP contribution is -2.54. The fraction of sp³-hybridized carbons (Fsp3) is 1.00. The van der Waals surface area contributed by atoms with E-state index in [9.17, 15) is 0 Å². The Morgan fingerprint density at radius 1 is 1.38 bits per heavy atom. The zero-order chi connectivity index (χ0) is 9.31. The van der Waals surface area contributed by atoms with E-state index in [2.05, 4.69) is 19.2 Å². The Hall–Kier alpha value is -0.0800. The van der Waals surface area contributed by atoms with Crippen molar-refractivity contribution in [1.29, 1.82) is 0 Å². The number of hydrogen-bond acceptors (Lipinski definition) is 2.